The zero-order chi connectivity index (χ0) is 11.1. The fraction of sp³-hybridized carbons (Fsp3) is 0.143. The summed E-state index contributed by atoms with van der Waals surface area (Å²) in [4.78, 5) is 0. The van der Waals surface area contributed by atoms with Gasteiger partial charge in [0.15, 0.2) is 2.14 Å². The number of benzene rings is 1. The van der Waals surface area contributed by atoms with Crippen LogP contribution >= 0.6 is 112 Å². The van der Waals surface area contributed by atoms with Crippen molar-refractivity contribution in [3.05, 3.63) is 29.5 Å². The van der Waals surface area contributed by atoms with Gasteiger partial charge in [-0.05, 0) is 63.7 Å². The third kappa shape index (κ3) is 3.29. The number of rotatable bonds is 0. The Kier molecular flexibility index (Phi) is 5.73. The van der Waals surface area contributed by atoms with E-state index in [2.05, 4.69) is 118 Å². The van der Waals surface area contributed by atoms with Crippen molar-refractivity contribution in [2.24, 2.45) is 0 Å². The van der Waals surface area contributed by atoms with Gasteiger partial charge in [-0.1, -0.05) is 47.8 Å². The van der Waals surface area contributed by atoms with E-state index in [9.17, 15) is 0 Å². The Hall–Kier alpha value is 2.58. The molecule has 0 atom stereocenters. The molecule has 14 heavy (non-hydrogen) atoms. The summed E-state index contributed by atoms with van der Waals surface area (Å²) in [5.41, 5.74) is 0.981. The minimum absolute atomic E-state index is 0.481. The van der Waals surface area contributed by atoms with Gasteiger partial charge in [-0.2, -0.15) is 0 Å². The van der Waals surface area contributed by atoms with Gasteiger partial charge < -0.3 is 0 Å². The molecule has 0 aliphatic heterocycles. The molecule has 0 bridgehead atoms. The average Bonchev–Trinajstić information content (AvgIpc) is 1.98. The second-order valence-electron chi connectivity index (χ2n) is 2.25. The smallest absolute Gasteiger partial charge is 0.0545 e. The molecular formula is C7Br7. The molecule has 0 heterocycles. The highest BCUT2D eigenvalue weighted by Gasteiger charge is 2.29. The van der Waals surface area contributed by atoms with Crippen LogP contribution in [0.15, 0.2) is 17.9 Å². The third-order valence-electron chi connectivity index (χ3n) is 1.33. The molecule has 0 aromatic heterocycles. The third-order valence-corrected chi connectivity index (χ3v) is 6.36. The largest absolute Gasteiger partial charge is 0.162 e. The van der Waals surface area contributed by atoms with E-state index >= 15 is 0 Å². The molecule has 0 amide bonds. The maximum absolute atomic E-state index is 3.48. The van der Waals surface area contributed by atoms with Crippen molar-refractivity contribution in [3.63, 3.8) is 0 Å². The molecule has 77 valence electrons. The second-order valence-corrected chi connectivity index (χ2v) is 12.2. The Morgan fingerprint density at radius 1 is 0.786 bits per heavy atom. The number of halogens is 7. The van der Waals surface area contributed by atoms with Crippen LogP contribution < -0.4 is 0 Å². The minimum atomic E-state index is -0.481. The average molecular weight is 643 g/mol. The van der Waals surface area contributed by atoms with Crippen molar-refractivity contribution in [3.8, 4) is 0 Å². The predicted octanol–water partition coefficient (Wildman–Crippen LogP) is 6.83. The summed E-state index contributed by atoms with van der Waals surface area (Å²) in [6.07, 6.45) is 0. The van der Waals surface area contributed by atoms with Gasteiger partial charge in [-0.15, -0.1) is 0 Å². The maximum atomic E-state index is 3.48. The molecule has 0 aliphatic rings. The van der Waals surface area contributed by atoms with Gasteiger partial charge in [-0.25, -0.2) is 0 Å². The van der Waals surface area contributed by atoms with Crippen molar-refractivity contribution >= 4 is 112 Å². The molecule has 1 rings (SSSR count). The van der Waals surface area contributed by atoms with Crippen molar-refractivity contribution < 1.29 is 0 Å². The topological polar surface area (TPSA) is 0 Å². The quantitative estimate of drug-likeness (QED) is 0.215. The molecule has 1 radical (unpaired) electrons. The van der Waals surface area contributed by atoms with E-state index in [1.165, 1.54) is 0 Å². The van der Waals surface area contributed by atoms with Gasteiger partial charge in [0.05, 0.1) is 0 Å². The maximum Gasteiger partial charge on any atom is 0.162 e. The van der Waals surface area contributed by atoms with E-state index in [4.69, 9.17) is 0 Å². The highest BCUT2D eigenvalue weighted by atomic mass is 80.0. The van der Waals surface area contributed by atoms with Gasteiger partial charge in [-0.3, -0.25) is 0 Å². The van der Waals surface area contributed by atoms with E-state index in [1.807, 2.05) is 0 Å². The van der Waals surface area contributed by atoms with E-state index in [0.29, 0.717) is 0 Å². The van der Waals surface area contributed by atoms with Crippen LogP contribution in [-0.2, 0) is 2.14 Å². The molecule has 0 spiro atoms. The standard InChI is InChI=1S/C7Br7/c8-2-1-3(9)6(11)4(5(2)10)7(12,13)14. The fourth-order valence-electron chi connectivity index (χ4n) is 0.771. The lowest BCUT2D eigenvalue weighted by molar-refractivity contribution is 1.27. The number of hydrogen-bond donors (Lipinski definition) is 0. The van der Waals surface area contributed by atoms with Gasteiger partial charge in [0.1, 0.15) is 0 Å². The van der Waals surface area contributed by atoms with Gasteiger partial charge >= 0.3 is 0 Å². The van der Waals surface area contributed by atoms with Crippen LogP contribution in [0.5, 0.6) is 0 Å². The van der Waals surface area contributed by atoms with E-state index in [-0.39, 0.29) is 0 Å². The fourth-order valence-corrected chi connectivity index (χ4v) is 6.07. The SMILES string of the molecule is Brc1[c]c(Br)c(Br)c(C(Br)(Br)Br)c1Br. The molecule has 0 aliphatic carbocycles. The molecule has 0 N–H and O–H groups in total. The highest BCUT2D eigenvalue weighted by molar-refractivity contribution is 9.38. The first kappa shape index (κ1) is 14.6. The lowest BCUT2D eigenvalue weighted by Gasteiger charge is -2.18. The van der Waals surface area contributed by atoms with E-state index < -0.39 is 2.14 Å². The summed E-state index contributed by atoms with van der Waals surface area (Å²) in [7, 11) is 0. The molecule has 0 fully saturated rings. The van der Waals surface area contributed by atoms with Crippen molar-refractivity contribution in [2.45, 2.75) is 2.14 Å². The summed E-state index contributed by atoms with van der Waals surface area (Å²) < 4.78 is 3.05. The Morgan fingerprint density at radius 3 is 1.43 bits per heavy atom. The zero-order valence-corrected chi connectivity index (χ0v) is 17.2. The first-order valence-corrected chi connectivity index (χ1v) is 8.62. The first-order valence-electron chi connectivity index (χ1n) is 3.07. The molecular weight excluding hydrogens is 643 g/mol. The van der Waals surface area contributed by atoms with Crippen LogP contribution in [-0.4, -0.2) is 0 Å². The Balaban J connectivity index is 3.56. The monoisotopic (exact) mass is 636 g/mol. The van der Waals surface area contributed by atoms with Crippen molar-refractivity contribution in [1.82, 2.24) is 0 Å². The van der Waals surface area contributed by atoms with Crippen LogP contribution in [0.1, 0.15) is 5.56 Å². The minimum Gasteiger partial charge on any atom is -0.0545 e. The van der Waals surface area contributed by atoms with Gasteiger partial charge in [0, 0.05) is 29.5 Å². The van der Waals surface area contributed by atoms with E-state index in [0.717, 1.165) is 23.5 Å². The van der Waals surface area contributed by atoms with Gasteiger partial charge in [0.25, 0.3) is 0 Å². The lowest BCUT2D eigenvalue weighted by Crippen LogP contribution is -2.02. The van der Waals surface area contributed by atoms with Crippen LogP contribution in [0.4, 0.5) is 0 Å². The summed E-state index contributed by atoms with van der Waals surface area (Å²) in [6.45, 7) is 0. The Morgan fingerprint density at radius 2 is 1.14 bits per heavy atom. The number of alkyl halides is 3. The molecule has 0 nitrogen and oxygen atoms in total. The molecule has 1 aromatic carbocycles. The first-order chi connectivity index (χ1) is 6.25. The number of hydrogen-bond acceptors (Lipinski definition) is 0. The normalized spacial score (nSPS) is 11.9. The van der Waals surface area contributed by atoms with Gasteiger partial charge in [0.2, 0.25) is 0 Å². The summed E-state index contributed by atoms with van der Waals surface area (Å²) >= 11 is 24.2. The summed E-state index contributed by atoms with van der Waals surface area (Å²) in [5, 5.41) is 0. The zero-order valence-electron chi connectivity index (χ0n) is 6.15. The lowest BCUT2D eigenvalue weighted by atomic mass is 10.2. The summed E-state index contributed by atoms with van der Waals surface area (Å²) in [5.74, 6) is 0. The Bertz CT molecular complexity index is 339. The van der Waals surface area contributed by atoms with Crippen LogP contribution in [0.25, 0.3) is 0 Å². The highest BCUT2D eigenvalue weighted by Crippen LogP contribution is 2.53. The van der Waals surface area contributed by atoms with Crippen LogP contribution in [0.3, 0.4) is 0 Å². The molecule has 0 saturated carbocycles. The molecule has 7 heteroatoms. The van der Waals surface area contributed by atoms with Crippen LogP contribution in [0, 0.1) is 6.07 Å². The molecule has 0 unspecified atom stereocenters. The van der Waals surface area contributed by atoms with E-state index in [1.54, 1.807) is 0 Å². The molecule has 1 aromatic rings. The van der Waals surface area contributed by atoms with Crippen molar-refractivity contribution in [1.29, 1.82) is 0 Å². The Labute approximate surface area is 141 Å². The van der Waals surface area contributed by atoms with Crippen molar-refractivity contribution in [2.75, 3.05) is 0 Å². The van der Waals surface area contributed by atoms with Crippen LogP contribution in [0.2, 0.25) is 0 Å². The molecule has 0 saturated heterocycles. The summed E-state index contributed by atoms with van der Waals surface area (Å²) in [6, 6.07) is 3.10. The second kappa shape index (κ2) is 5.48. The predicted molar refractivity (Wildman–Crippen MR) is 84.5 cm³/mol.